The van der Waals surface area contributed by atoms with E-state index < -0.39 is 23.4 Å². The first kappa shape index (κ1) is 31.0. The third-order valence-corrected chi connectivity index (χ3v) is 8.43. The van der Waals surface area contributed by atoms with Gasteiger partial charge in [-0.1, -0.05) is 90.1 Å². The van der Waals surface area contributed by atoms with Crippen molar-refractivity contribution in [2.24, 2.45) is 5.73 Å². The molecule has 1 aliphatic heterocycles. The predicted octanol–water partition coefficient (Wildman–Crippen LogP) is 4.54. The van der Waals surface area contributed by atoms with Crippen LogP contribution in [0.1, 0.15) is 83.6 Å². The Morgan fingerprint density at radius 2 is 1.31 bits per heavy atom. The number of aromatic nitrogens is 1. The molecule has 0 aliphatic carbocycles. The molecule has 42 heavy (non-hydrogen) atoms. The molecule has 3 aromatic rings. The number of thiazole rings is 1. The van der Waals surface area contributed by atoms with Crippen molar-refractivity contribution in [3.8, 4) is 0 Å². The maximum Gasteiger partial charge on any atom is 0.338 e. The molecule has 2 heterocycles. The van der Waals surface area contributed by atoms with E-state index >= 15 is 0 Å². The Balaban J connectivity index is 2.04. The van der Waals surface area contributed by atoms with E-state index in [2.05, 4.69) is 41.5 Å². The summed E-state index contributed by atoms with van der Waals surface area (Å²) >= 11 is 1.16. The number of ether oxygens (including phenoxy) is 2. The topological polar surface area (TPSA) is 101 Å². The Labute approximate surface area is 251 Å². The highest BCUT2D eigenvalue weighted by atomic mass is 32.1. The van der Waals surface area contributed by atoms with E-state index in [0.29, 0.717) is 14.8 Å². The lowest BCUT2D eigenvalue weighted by atomic mass is 9.81. The highest BCUT2D eigenvalue weighted by molar-refractivity contribution is 7.07. The van der Waals surface area contributed by atoms with Gasteiger partial charge in [0.1, 0.15) is 10.5 Å². The lowest BCUT2D eigenvalue weighted by Gasteiger charge is -2.27. The van der Waals surface area contributed by atoms with E-state index in [0.717, 1.165) is 22.5 Å². The lowest BCUT2D eigenvalue weighted by molar-refractivity contribution is -0.138. The number of rotatable bonds is 6. The van der Waals surface area contributed by atoms with Crippen LogP contribution in [0.3, 0.4) is 0 Å². The first-order valence-corrected chi connectivity index (χ1v) is 15.0. The van der Waals surface area contributed by atoms with Gasteiger partial charge in [0.25, 0.3) is 5.56 Å². The number of fused-ring (bicyclic) bond motifs is 1. The van der Waals surface area contributed by atoms with Crippen LogP contribution in [-0.2, 0) is 29.9 Å². The Kier molecular flexibility index (Phi) is 8.69. The van der Waals surface area contributed by atoms with E-state index in [1.54, 1.807) is 19.9 Å². The largest absolute Gasteiger partial charge is 0.463 e. The van der Waals surface area contributed by atoms with Crippen molar-refractivity contribution in [2.75, 3.05) is 13.2 Å². The van der Waals surface area contributed by atoms with Gasteiger partial charge < -0.3 is 15.2 Å². The summed E-state index contributed by atoms with van der Waals surface area (Å²) in [6.07, 6.45) is 1.78. The molecule has 1 aliphatic rings. The Morgan fingerprint density at radius 3 is 1.79 bits per heavy atom. The van der Waals surface area contributed by atoms with Crippen LogP contribution in [0.15, 0.2) is 58.9 Å². The van der Waals surface area contributed by atoms with Gasteiger partial charge in [0.05, 0.1) is 34.8 Å². The minimum absolute atomic E-state index is 0.00750. The van der Waals surface area contributed by atoms with Crippen LogP contribution in [0.4, 0.5) is 0 Å². The van der Waals surface area contributed by atoms with Crippen LogP contribution < -0.4 is 20.5 Å². The summed E-state index contributed by atoms with van der Waals surface area (Å²) in [5.41, 5.74) is 10.1. The molecule has 7 nitrogen and oxygen atoms in total. The molecule has 0 amide bonds. The minimum Gasteiger partial charge on any atom is -0.463 e. The molecule has 0 unspecified atom stereocenters. The molecule has 0 saturated heterocycles. The first-order chi connectivity index (χ1) is 19.7. The van der Waals surface area contributed by atoms with Crippen molar-refractivity contribution in [3.05, 3.63) is 95.9 Å². The fourth-order valence-corrected chi connectivity index (χ4v) is 6.17. The Morgan fingerprint density at radius 1 is 0.833 bits per heavy atom. The van der Waals surface area contributed by atoms with E-state index in [-0.39, 0.29) is 41.0 Å². The predicted molar refractivity (Wildman–Crippen MR) is 168 cm³/mol. The number of carbonyl (C=O) groups is 2. The minimum atomic E-state index is -0.880. The maximum absolute atomic E-state index is 13.8. The van der Waals surface area contributed by atoms with E-state index in [1.165, 1.54) is 10.1 Å². The number of hydrogen-bond donors (Lipinski definition) is 1. The third kappa shape index (κ3) is 6.00. The van der Waals surface area contributed by atoms with Crippen LogP contribution in [0.2, 0.25) is 0 Å². The number of hydrogen-bond acceptors (Lipinski definition) is 7. The summed E-state index contributed by atoms with van der Waals surface area (Å²) in [6.45, 7) is 16.4. The number of nitrogens with two attached hydrogens (primary N) is 1. The molecule has 2 aromatic carbocycles. The molecule has 0 radical (unpaired) electrons. The summed E-state index contributed by atoms with van der Waals surface area (Å²) < 4.78 is 12.9. The normalized spacial score (nSPS) is 16.0. The quantitative estimate of drug-likeness (QED) is 0.425. The van der Waals surface area contributed by atoms with Crippen molar-refractivity contribution >= 4 is 40.7 Å². The second kappa shape index (κ2) is 11.8. The maximum atomic E-state index is 13.8. The average molecular weight is 589 g/mol. The van der Waals surface area contributed by atoms with Gasteiger partial charge in [0.15, 0.2) is 0 Å². The van der Waals surface area contributed by atoms with Crippen molar-refractivity contribution < 1.29 is 19.1 Å². The molecule has 222 valence electrons. The lowest BCUT2D eigenvalue weighted by Crippen LogP contribution is -2.42. The molecule has 0 fully saturated rings. The zero-order valence-electron chi connectivity index (χ0n) is 25.7. The number of carbonyl (C=O) groups excluding carboxylic acids is 2. The monoisotopic (exact) mass is 588 g/mol. The average Bonchev–Trinajstić information content (AvgIpc) is 3.23. The molecule has 2 N–H and O–H groups in total. The zero-order valence-corrected chi connectivity index (χ0v) is 26.5. The second-order valence-corrected chi connectivity index (χ2v) is 13.4. The summed E-state index contributed by atoms with van der Waals surface area (Å²) in [4.78, 5) is 40.9. The van der Waals surface area contributed by atoms with Gasteiger partial charge in [-0.15, -0.1) is 11.3 Å². The molecule has 1 atom stereocenters. The van der Waals surface area contributed by atoms with Gasteiger partial charge in [-0.25, -0.2) is 9.59 Å². The first-order valence-electron chi connectivity index (χ1n) is 14.2. The number of benzene rings is 2. The molecule has 0 saturated carbocycles. The van der Waals surface area contributed by atoms with Crippen molar-refractivity contribution in [1.29, 1.82) is 0 Å². The summed E-state index contributed by atoms with van der Waals surface area (Å²) in [5, 5.41) is 0. The van der Waals surface area contributed by atoms with Gasteiger partial charge in [0.2, 0.25) is 0 Å². The molecule has 0 spiro atoms. The van der Waals surface area contributed by atoms with E-state index in [4.69, 9.17) is 15.2 Å². The molecular weight excluding hydrogens is 548 g/mol. The van der Waals surface area contributed by atoms with Crippen molar-refractivity contribution in [3.63, 3.8) is 0 Å². The van der Waals surface area contributed by atoms with Crippen LogP contribution in [0.5, 0.6) is 0 Å². The standard InChI is InChI=1S/C34H40N2O5S/c1-9-40-31(38)26-25(21-13-17-23(18-14-21)34(6,7)8)27(32(39)41-10-2)30-36(28(26)35)29(37)24(42-30)19-20-11-15-22(16-12-20)33(3,4)5/h11-19,25H,9-10,35H2,1-8H3/b24-19+/t25-/m0/s1. The van der Waals surface area contributed by atoms with Crippen LogP contribution in [-0.4, -0.2) is 29.7 Å². The van der Waals surface area contributed by atoms with Gasteiger partial charge in [-0.05, 0) is 53.0 Å². The SMILES string of the molecule is CCOC(=O)C1=C(N)n2c(s/c(=C/c3ccc(C(C)(C)C)cc3)c2=O)=C(C(=O)OCC)[C@H]1c1ccc(C(C)(C)C)cc1. The molecule has 8 heteroatoms. The van der Waals surface area contributed by atoms with Gasteiger partial charge in [-0.2, -0.15) is 0 Å². The Hall–Kier alpha value is -3.91. The smallest absolute Gasteiger partial charge is 0.338 e. The fourth-order valence-electron chi connectivity index (χ4n) is 5.00. The van der Waals surface area contributed by atoms with Crippen LogP contribution >= 0.6 is 11.3 Å². The summed E-state index contributed by atoms with van der Waals surface area (Å²) in [6, 6.07) is 15.7. The number of nitrogens with zero attached hydrogens (tertiary/aromatic N) is 1. The summed E-state index contributed by atoms with van der Waals surface area (Å²) in [5.74, 6) is -2.24. The molecular formula is C34H40N2O5S. The van der Waals surface area contributed by atoms with Crippen molar-refractivity contribution in [1.82, 2.24) is 4.57 Å². The van der Waals surface area contributed by atoms with Gasteiger partial charge in [0, 0.05) is 0 Å². The fraction of sp³-hybridized carbons (Fsp3) is 0.382. The highest BCUT2D eigenvalue weighted by Gasteiger charge is 2.40. The van der Waals surface area contributed by atoms with Crippen LogP contribution in [0, 0.1) is 0 Å². The van der Waals surface area contributed by atoms with Crippen molar-refractivity contribution in [2.45, 2.75) is 72.1 Å². The van der Waals surface area contributed by atoms with E-state index in [1.807, 2.05) is 48.5 Å². The third-order valence-electron chi connectivity index (χ3n) is 7.32. The van der Waals surface area contributed by atoms with Gasteiger partial charge in [-0.3, -0.25) is 9.36 Å². The Bertz CT molecular complexity index is 1710. The summed E-state index contributed by atoms with van der Waals surface area (Å²) in [7, 11) is 0. The molecule has 0 bridgehead atoms. The second-order valence-electron chi connectivity index (χ2n) is 12.4. The van der Waals surface area contributed by atoms with E-state index in [9.17, 15) is 14.4 Å². The van der Waals surface area contributed by atoms with Crippen LogP contribution in [0.25, 0.3) is 17.5 Å². The van der Waals surface area contributed by atoms with Gasteiger partial charge >= 0.3 is 11.9 Å². The zero-order chi connectivity index (χ0) is 31.0. The highest BCUT2D eigenvalue weighted by Crippen LogP contribution is 2.38. The molecule has 4 rings (SSSR count). The molecule has 1 aromatic heterocycles. The number of esters is 2.